The highest BCUT2D eigenvalue weighted by atomic mass is 16.2. The fourth-order valence-corrected chi connectivity index (χ4v) is 0.770. The van der Waals surface area contributed by atoms with Crippen molar-refractivity contribution in [2.75, 3.05) is 7.05 Å². The molecule has 1 aliphatic heterocycles. The molecule has 0 saturated carbocycles. The molecule has 0 saturated heterocycles. The molecule has 1 aliphatic rings. The van der Waals surface area contributed by atoms with Gasteiger partial charge >= 0.3 is 0 Å². The smallest absolute Gasteiger partial charge is 0.249 e. The average Bonchev–Trinajstić information content (AvgIpc) is 2.03. The maximum Gasteiger partial charge on any atom is 0.249 e. The third kappa shape index (κ3) is 1.91. The zero-order valence-electron chi connectivity index (χ0n) is 6.74. The summed E-state index contributed by atoms with van der Waals surface area (Å²) in [6.45, 7) is 1.84. The maximum atomic E-state index is 11.0. The monoisotopic (exact) mass is 152 g/mol. The van der Waals surface area contributed by atoms with Crippen molar-refractivity contribution in [3.05, 3.63) is 24.4 Å². The molecule has 0 aromatic carbocycles. The molecule has 1 amide bonds. The van der Waals surface area contributed by atoms with Gasteiger partial charge in [0.1, 0.15) is 0 Å². The van der Waals surface area contributed by atoms with Gasteiger partial charge in [0.25, 0.3) is 0 Å². The van der Waals surface area contributed by atoms with E-state index in [9.17, 15) is 4.79 Å². The Morgan fingerprint density at radius 3 is 2.82 bits per heavy atom. The summed E-state index contributed by atoms with van der Waals surface area (Å²) in [6.07, 6.45) is 6.64. The van der Waals surface area contributed by atoms with Gasteiger partial charge in [0.05, 0.1) is 5.54 Å². The van der Waals surface area contributed by atoms with Crippen LogP contribution in [0.1, 0.15) is 6.92 Å². The summed E-state index contributed by atoms with van der Waals surface area (Å²) in [4.78, 5) is 12.5. The molecule has 0 fully saturated rings. The van der Waals surface area contributed by atoms with Gasteiger partial charge in [0.15, 0.2) is 0 Å². The van der Waals surface area contributed by atoms with Crippen molar-refractivity contribution >= 4 is 5.91 Å². The first kappa shape index (κ1) is 8.01. The van der Waals surface area contributed by atoms with Crippen molar-refractivity contribution in [2.45, 2.75) is 12.5 Å². The van der Waals surface area contributed by atoms with Crippen molar-refractivity contribution in [3.63, 3.8) is 0 Å². The molecular weight excluding hydrogens is 140 g/mol. The summed E-state index contributed by atoms with van der Waals surface area (Å²) in [6, 6.07) is 0. The van der Waals surface area contributed by atoms with Crippen LogP contribution in [0.25, 0.3) is 0 Å². The van der Waals surface area contributed by atoms with E-state index in [1.54, 1.807) is 25.4 Å². The van der Waals surface area contributed by atoms with E-state index in [-0.39, 0.29) is 5.91 Å². The zero-order valence-corrected chi connectivity index (χ0v) is 6.74. The quantitative estimate of drug-likeness (QED) is 0.540. The van der Waals surface area contributed by atoms with E-state index < -0.39 is 5.54 Å². The normalized spacial score (nSPS) is 30.8. The van der Waals surface area contributed by atoms with Crippen LogP contribution in [-0.4, -0.2) is 23.4 Å². The van der Waals surface area contributed by atoms with Gasteiger partial charge in [-0.25, -0.2) is 0 Å². The van der Waals surface area contributed by atoms with E-state index in [1.807, 2.05) is 6.92 Å². The molecule has 1 atom stereocenters. The lowest BCUT2D eigenvalue weighted by molar-refractivity contribution is -0.122. The minimum Gasteiger partial charge on any atom is -0.319 e. The highest BCUT2D eigenvalue weighted by molar-refractivity contribution is 5.88. The van der Waals surface area contributed by atoms with E-state index >= 15 is 0 Å². The van der Waals surface area contributed by atoms with E-state index in [0.717, 1.165) is 0 Å². The molecule has 1 heterocycles. The van der Waals surface area contributed by atoms with Crippen molar-refractivity contribution in [1.82, 2.24) is 4.90 Å². The lowest BCUT2D eigenvalue weighted by Crippen LogP contribution is -2.30. The lowest BCUT2D eigenvalue weighted by atomic mass is 10.0. The maximum absolute atomic E-state index is 11.0. The Bertz CT molecular complexity index is 228. The van der Waals surface area contributed by atoms with Gasteiger partial charge in [-0.3, -0.25) is 4.79 Å². The number of carbonyl (C=O) groups is 1. The van der Waals surface area contributed by atoms with Crippen LogP contribution in [0, 0.1) is 0 Å². The molecule has 0 aromatic heterocycles. The number of likely N-dealkylation sites (N-methyl/N-ethyl adjacent to an activating group) is 1. The van der Waals surface area contributed by atoms with Crippen LogP contribution in [0.15, 0.2) is 24.4 Å². The number of nitrogens with zero attached hydrogens (tertiary/aromatic N) is 1. The Kier molecular flexibility index (Phi) is 1.83. The number of amides is 1. The van der Waals surface area contributed by atoms with Crippen LogP contribution in [0.3, 0.4) is 0 Å². The Balaban J connectivity index is 2.93. The molecule has 1 rings (SSSR count). The number of rotatable bonds is 0. The highest BCUT2D eigenvalue weighted by Gasteiger charge is 2.14. The molecule has 1 unspecified atom stereocenters. The van der Waals surface area contributed by atoms with Crippen molar-refractivity contribution in [1.29, 1.82) is 0 Å². The number of hydrogen-bond donors (Lipinski definition) is 1. The molecule has 60 valence electrons. The van der Waals surface area contributed by atoms with Gasteiger partial charge < -0.3 is 10.6 Å². The minimum atomic E-state index is -0.500. The second-order valence-corrected chi connectivity index (χ2v) is 2.96. The van der Waals surface area contributed by atoms with Crippen LogP contribution < -0.4 is 5.73 Å². The summed E-state index contributed by atoms with van der Waals surface area (Å²) in [5, 5.41) is 0. The zero-order chi connectivity index (χ0) is 8.48. The van der Waals surface area contributed by atoms with Gasteiger partial charge in [-0.1, -0.05) is 6.08 Å². The van der Waals surface area contributed by atoms with Crippen molar-refractivity contribution in [3.8, 4) is 0 Å². The van der Waals surface area contributed by atoms with Gasteiger partial charge in [-0.2, -0.15) is 0 Å². The Labute approximate surface area is 66.2 Å². The van der Waals surface area contributed by atoms with Crippen molar-refractivity contribution < 1.29 is 4.79 Å². The highest BCUT2D eigenvalue weighted by Crippen LogP contribution is 2.08. The van der Waals surface area contributed by atoms with Crippen molar-refractivity contribution in [2.24, 2.45) is 5.73 Å². The second-order valence-electron chi connectivity index (χ2n) is 2.96. The molecule has 3 heteroatoms. The Morgan fingerprint density at radius 2 is 2.18 bits per heavy atom. The van der Waals surface area contributed by atoms with E-state index in [2.05, 4.69) is 0 Å². The van der Waals surface area contributed by atoms with Crippen LogP contribution >= 0.6 is 0 Å². The Hall–Kier alpha value is -1.09. The first-order valence-corrected chi connectivity index (χ1v) is 3.45. The third-order valence-electron chi connectivity index (χ3n) is 1.59. The molecular formula is C8H12N2O. The van der Waals surface area contributed by atoms with Crippen LogP contribution in [0.5, 0.6) is 0 Å². The van der Waals surface area contributed by atoms with E-state index in [0.29, 0.717) is 0 Å². The molecule has 11 heavy (non-hydrogen) atoms. The van der Waals surface area contributed by atoms with Gasteiger partial charge in [0, 0.05) is 19.3 Å². The predicted octanol–water partition coefficient (Wildman–Crippen LogP) is 0.246. The van der Waals surface area contributed by atoms with Crippen LogP contribution in [0.4, 0.5) is 0 Å². The summed E-state index contributed by atoms with van der Waals surface area (Å²) in [5.74, 6) is -0.0459. The minimum absolute atomic E-state index is 0.0459. The summed E-state index contributed by atoms with van der Waals surface area (Å²) in [7, 11) is 1.70. The molecule has 0 bridgehead atoms. The fourth-order valence-electron chi connectivity index (χ4n) is 0.770. The number of hydrogen-bond acceptors (Lipinski definition) is 2. The predicted molar refractivity (Wildman–Crippen MR) is 43.6 cm³/mol. The lowest BCUT2D eigenvalue weighted by Gasteiger charge is -2.12. The molecule has 0 aromatic rings. The van der Waals surface area contributed by atoms with Crippen LogP contribution in [0.2, 0.25) is 0 Å². The number of nitrogens with two attached hydrogens (primary N) is 1. The van der Waals surface area contributed by atoms with Gasteiger partial charge in [-0.15, -0.1) is 0 Å². The molecule has 0 radical (unpaired) electrons. The second kappa shape index (κ2) is 2.51. The van der Waals surface area contributed by atoms with Crippen LogP contribution in [-0.2, 0) is 4.79 Å². The molecule has 2 N–H and O–H groups in total. The number of carbonyl (C=O) groups excluding carboxylic acids is 1. The van der Waals surface area contributed by atoms with E-state index in [1.165, 1.54) is 11.0 Å². The summed E-state index contributed by atoms with van der Waals surface area (Å²) >= 11 is 0. The SMILES string of the molecule is CN1C=CC(C)(N)C=CC1=O. The topological polar surface area (TPSA) is 46.3 Å². The van der Waals surface area contributed by atoms with Gasteiger partial charge in [0.2, 0.25) is 5.91 Å². The largest absolute Gasteiger partial charge is 0.319 e. The van der Waals surface area contributed by atoms with Gasteiger partial charge in [-0.05, 0) is 13.0 Å². The molecule has 0 spiro atoms. The fraction of sp³-hybridized carbons (Fsp3) is 0.375. The Morgan fingerprint density at radius 1 is 1.55 bits per heavy atom. The summed E-state index contributed by atoms with van der Waals surface area (Å²) < 4.78 is 0. The third-order valence-corrected chi connectivity index (χ3v) is 1.59. The average molecular weight is 152 g/mol. The van der Waals surface area contributed by atoms with E-state index in [4.69, 9.17) is 5.73 Å². The molecule has 3 nitrogen and oxygen atoms in total. The molecule has 0 aliphatic carbocycles. The first-order chi connectivity index (χ1) is 5.01. The standard InChI is InChI=1S/C8H12N2O/c1-8(9)4-3-7(11)10(2)6-5-8/h3-6H,9H2,1-2H3. The first-order valence-electron chi connectivity index (χ1n) is 3.45. The summed E-state index contributed by atoms with van der Waals surface area (Å²) in [5.41, 5.74) is 5.25.